The number of rotatable bonds is 5. The quantitative estimate of drug-likeness (QED) is 0.567. The van der Waals surface area contributed by atoms with Crippen LogP contribution in [-0.4, -0.2) is 38.0 Å². The molecule has 88 valence electrons. The Morgan fingerprint density at radius 3 is 3.06 bits per heavy atom. The molecule has 4 heteroatoms. The van der Waals surface area contributed by atoms with Crippen molar-refractivity contribution in [3.63, 3.8) is 0 Å². The van der Waals surface area contributed by atoms with Crippen LogP contribution >= 0.6 is 0 Å². The van der Waals surface area contributed by atoms with E-state index in [9.17, 15) is 0 Å². The predicted molar refractivity (Wildman–Crippen MR) is 64.7 cm³/mol. The fourth-order valence-corrected chi connectivity index (χ4v) is 2.10. The number of nitrogens with zero attached hydrogens (tertiary/aromatic N) is 1. The van der Waals surface area contributed by atoms with Crippen molar-refractivity contribution in [3.05, 3.63) is 23.8 Å². The van der Waals surface area contributed by atoms with Gasteiger partial charge in [0.25, 0.3) is 0 Å². The molecule has 0 saturated heterocycles. The molecule has 3 N–H and O–H groups in total. The Morgan fingerprint density at radius 1 is 1.38 bits per heavy atom. The van der Waals surface area contributed by atoms with Crippen LogP contribution in [0.1, 0.15) is 5.56 Å². The first-order valence-electron chi connectivity index (χ1n) is 5.64. The van der Waals surface area contributed by atoms with Crippen LogP contribution in [-0.2, 0) is 11.2 Å². The molecule has 1 aliphatic heterocycles. The van der Waals surface area contributed by atoms with Crippen molar-refractivity contribution in [2.24, 2.45) is 0 Å². The average molecular weight is 222 g/mol. The normalized spacial score (nSPS) is 14.2. The van der Waals surface area contributed by atoms with Crippen molar-refractivity contribution >= 4 is 11.4 Å². The lowest BCUT2D eigenvalue weighted by Crippen LogP contribution is -2.25. The molecule has 0 unspecified atom stereocenters. The van der Waals surface area contributed by atoms with Crippen molar-refractivity contribution in [1.82, 2.24) is 0 Å². The Hall–Kier alpha value is -1.26. The summed E-state index contributed by atoms with van der Waals surface area (Å²) in [6, 6.07) is 6.04. The molecule has 0 saturated carbocycles. The minimum Gasteiger partial charge on any atom is -0.398 e. The van der Waals surface area contributed by atoms with E-state index >= 15 is 0 Å². The van der Waals surface area contributed by atoms with E-state index in [0.717, 1.165) is 25.2 Å². The smallest absolute Gasteiger partial charge is 0.0698 e. The van der Waals surface area contributed by atoms with E-state index in [-0.39, 0.29) is 6.61 Å². The van der Waals surface area contributed by atoms with E-state index < -0.39 is 0 Å². The number of nitrogen functional groups attached to an aromatic ring is 1. The molecule has 2 rings (SSSR count). The van der Waals surface area contributed by atoms with Crippen molar-refractivity contribution in [1.29, 1.82) is 0 Å². The van der Waals surface area contributed by atoms with Crippen molar-refractivity contribution in [3.8, 4) is 0 Å². The molecule has 4 nitrogen and oxygen atoms in total. The molecular weight excluding hydrogens is 204 g/mol. The molecule has 0 atom stereocenters. The number of benzene rings is 1. The largest absolute Gasteiger partial charge is 0.398 e. The molecule has 1 aromatic rings. The highest BCUT2D eigenvalue weighted by Gasteiger charge is 2.19. The molecule has 0 bridgehead atoms. The summed E-state index contributed by atoms with van der Waals surface area (Å²) in [4.78, 5) is 2.28. The summed E-state index contributed by atoms with van der Waals surface area (Å²) in [5.41, 5.74) is 9.29. The molecule has 0 radical (unpaired) electrons. The third kappa shape index (κ3) is 2.28. The second kappa shape index (κ2) is 5.18. The van der Waals surface area contributed by atoms with Crippen molar-refractivity contribution in [2.45, 2.75) is 6.42 Å². The van der Waals surface area contributed by atoms with Crippen LogP contribution < -0.4 is 10.6 Å². The van der Waals surface area contributed by atoms with Crippen molar-refractivity contribution in [2.75, 3.05) is 43.5 Å². The second-order valence-corrected chi connectivity index (χ2v) is 3.92. The van der Waals surface area contributed by atoms with Crippen LogP contribution in [0.25, 0.3) is 0 Å². The lowest BCUT2D eigenvalue weighted by Gasteiger charge is -2.19. The molecule has 1 aromatic carbocycles. The molecule has 0 amide bonds. The van der Waals surface area contributed by atoms with E-state index in [1.807, 2.05) is 12.1 Å². The van der Waals surface area contributed by atoms with Gasteiger partial charge >= 0.3 is 0 Å². The van der Waals surface area contributed by atoms with E-state index in [2.05, 4.69) is 11.0 Å². The molecule has 0 aromatic heterocycles. The summed E-state index contributed by atoms with van der Waals surface area (Å²) < 4.78 is 5.27. The minimum atomic E-state index is 0.0868. The molecule has 1 heterocycles. The predicted octanol–water partition coefficient (Wildman–Crippen LogP) is 0.640. The zero-order valence-electron chi connectivity index (χ0n) is 9.35. The zero-order chi connectivity index (χ0) is 11.4. The van der Waals surface area contributed by atoms with E-state index in [1.54, 1.807) is 0 Å². The SMILES string of the molecule is Nc1cccc2c1CCN2CCOCCO. The zero-order valence-corrected chi connectivity index (χ0v) is 9.35. The molecule has 1 aliphatic rings. The van der Waals surface area contributed by atoms with Crippen molar-refractivity contribution < 1.29 is 9.84 Å². The molecule has 0 fully saturated rings. The number of nitrogens with two attached hydrogens (primary N) is 1. The average Bonchev–Trinajstić information content (AvgIpc) is 2.70. The standard InChI is InChI=1S/C12H18N2O2/c13-11-2-1-3-12-10(11)4-5-14(12)6-8-16-9-7-15/h1-3,15H,4-9,13H2. The highest BCUT2D eigenvalue weighted by Crippen LogP contribution is 2.31. The first-order chi connectivity index (χ1) is 7.83. The highest BCUT2D eigenvalue weighted by molar-refractivity contribution is 5.68. The van der Waals surface area contributed by atoms with Gasteiger partial charge in [-0.25, -0.2) is 0 Å². The fourth-order valence-electron chi connectivity index (χ4n) is 2.10. The van der Waals surface area contributed by atoms with E-state index in [0.29, 0.717) is 13.2 Å². The third-order valence-corrected chi connectivity index (χ3v) is 2.90. The van der Waals surface area contributed by atoms with E-state index in [1.165, 1.54) is 11.3 Å². The van der Waals surface area contributed by atoms with Gasteiger partial charge in [-0.05, 0) is 18.6 Å². The van der Waals surface area contributed by atoms with Gasteiger partial charge in [0.2, 0.25) is 0 Å². The number of aliphatic hydroxyl groups is 1. The second-order valence-electron chi connectivity index (χ2n) is 3.92. The number of hydrogen-bond donors (Lipinski definition) is 2. The van der Waals surface area contributed by atoms with Crippen LogP contribution in [0.3, 0.4) is 0 Å². The van der Waals surface area contributed by atoms with E-state index in [4.69, 9.17) is 15.6 Å². The van der Waals surface area contributed by atoms with Crippen LogP contribution in [0.4, 0.5) is 11.4 Å². The molecule has 0 spiro atoms. The fraction of sp³-hybridized carbons (Fsp3) is 0.500. The summed E-state index contributed by atoms with van der Waals surface area (Å²) in [6.45, 7) is 3.01. The number of ether oxygens (including phenoxy) is 1. The maximum absolute atomic E-state index is 8.60. The van der Waals surface area contributed by atoms with Gasteiger partial charge in [-0.3, -0.25) is 0 Å². The lowest BCUT2D eigenvalue weighted by molar-refractivity contribution is 0.0968. The van der Waals surface area contributed by atoms with Gasteiger partial charge in [-0.2, -0.15) is 0 Å². The molecule has 16 heavy (non-hydrogen) atoms. The summed E-state index contributed by atoms with van der Waals surface area (Å²) in [5.74, 6) is 0. The van der Waals surface area contributed by atoms with Gasteiger partial charge in [-0.15, -0.1) is 0 Å². The Labute approximate surface area is 95.6 Å². The minimum absolute atomic E-state index is 0.0868. The number of fused-ring (bicyclic) bond motifs is 1. The maximum Gasteiger partial charge on any atom is 0.0698 e. The third-order valence-electron chi connectivity index (χ3n) is 2.90. The summed E-state index contributed by atoms with van der Waals surface area (Å²) >= 11 is 0. The Kier molecular flexibility index (Phi) is 3.64. The van der Waals surface area contributed by atoms with Crippen LogP contribution in [0.15, 0.2) is 18.2 Å². The lowest BCUT2D eigenvalue weighted by atomic mass is 10.1. The highest BCUT2D eigenvalue weighted by atomic mass is 16.5. The van der Waals surface area contributed by atoms with Gasteiger partial charge < -0.3 is 20.5 Å². The molecule has 0 aliphatic carbocycles. The Morgan fingerprint density at radius 2 is 2.25 bits per heavy atom. The first-order valence-corrected chi connectivity index (χ1v) is 5.64. The molecular formula is C12H18N2O2. The monoisotopic (exact) mass is 222 g/mol. The van der Waals surface area contributed by atoms with Gasteiger partial charge in [0.1, 0.15) is 0 Å². The Bertz CT molecular complexity index is 355. The first kappa shape index (κ1) is 11.2. The summed E-state index contributed by atoms with van der Waals surface area (Å²) in [5, 5.41) is 8.60. The van der Waals surface area contributed by atoms with Gasteiger partial charge in [0.05, 0.1) is 19.8 Å². The topological polar surface area (TPSA) is 58.7 Å². The van der Waals surface area contributed by atoms with Crippen LogP contribution in [0.2, 0.25) is 0 Å². The van der Waals surface area contributed by atoms with Crippen LogP contribution in [0.5, 0.6) is 0 Å². The number of aliphatic hydroxyl groups excluding tert-OH is 1. The maximum atomic E-state index is 8.60. The van der Waals surface area contributed by atoms with Gasteiger partial charge in [0, 0.05) is 30.0 Å². The van der Waals surface area contributed by atoms with Crippen LogP contribution in [0, 0.1) is 0 Å². The number of hydrogen-bond acceptors (Lipinski definition) is 4. The van der Waals surface area contributed by atoms with Gasteiger partial charge in [-0.1, -0.05) is 6.07 Å². The summed E-state index contributed by atoms with van der Waals surface area (Å²) in [7, 11) is 0. The Balaban J connectivity index is 1.93. The number of anilines is 2. The summed E-state index contributed by atoms with van der Waals surface area (Å²) in [6.07, 6.45) is 1.02. The van der Waals surface area contributed by atoms with Gasteiger partial charge in [0.15, 0.2) is 0 Å².